The Morgan fingerprint density at radius 3 is 2.29 bits per heavy atom. The van der Waals surface area contributed by atoms with Crippen LogP contribution in [0.2, 0.25) is 0 Å². The van der Waals surface area contributed by atoms with Gasteiger partial charge in [0.25, 0.3) is 0 Å². The van der Waals surface area contributed by atoms with Crippen molar-refractivity contribution in [3.63, 3.8) is 0 Å². The summed E-state index contributed by atoms with van der Waals surface area (Å²) >= 11 is 0. The van der Waals surface area contributed by atoms with Crippen molar-refractivity contribution in [1.29, 1.82) is 0 Å². The predicted molar refractivity (Wildman–Crippen MR) is 97.0 cm³/mol. The van der Waals surface area contributed by atoms with E-state index in [1.54, 1.807) is 19.1 Å². The molecule has 28 heavy (non-hydrogen) atoms. The van der Waals surface area contributed by atoms with Crippen molar-refractivity contribution < 1.29 is 31.1 Å². The molecule has 0 spiro atoms. The second-order valence-electron chi connectivity index (χ2n) is 6.44. The number of alkyl halides is 3. The smallest absolute Gasteiger partial charge is 0.417 e. The van der Waals surface area contributed by atoms with Crippen molar-refractivity contribution in [3.05, 3.63) is 53.1 Å². The molecule has 0 unspecified atom stereocenters. The molecule has 2 aromatic carbocycles. The quantitative estimate of drug-likeness (QED) is 0.757. The van der Waals surface area contributed by atoms with Crippen LogP contribution in [0.3, 0.4) is 0 Å². The van der Waals surface area contributed by atoms with Crippen molar-refractivity contribution >= 4 is 10.0 Å². The van der Waals surface area contributed by atoms with Crippen LogP contribution in [-0.2, 0) is 22.6 Å². The average molecular weight is 415 g/mol. The molecule has 152 valence electrons. The summed E-state index contributed by atoms with van der Waals surface area (Å²) in [4.78, 5) is -0.738. The number of methoxy groups -OCH3 is 2. The Morgan fingerprint density at radius 2 is 1.68 bits per heavy atom. The lowest BCUT2D eigenvalue weighted by Gasteiger charge is -2.35. The van der Waals surface area contributed by atoms with E-state index in [2.05, 4.69) is 0 Å². The highest BCUT2D eigenvalue weighted by Crippen LogP contribution is 2.41. The molecule has 0 fully saturated rings. The van der Waals surface area contributed by atoms with E-state index in [4.69, 9.17) is 9.47 Å². The van der Waals surface area contributed by atoms with Gasteiger partial charge in [0.05, 0.1) is 24.7 Å². The van der Waals surface area contributed by atoms with Crippen LogP contribution in [-0.4, -0.2) is 33.5 Å². The monoisotopic (exact) mass is 415 g/mol. The molecule has 0 saturated carbocycles. The minimum absolute atomic E-state index is 0.0676. The van der Waals surface area contributed by atoms with Crippen LogP contribution < -0.4 is 9.47 Å². The summed E-state index contributed by atoms with van der Waals surface area (Å²) < 4.78 is 78.0. The number of hydrogen-bond acceptors (Lipinski definition) is 4. The molecule has 1 aliphatic heterocycles. The topological polar surface area (TPSA) is 55.8 Å². The molecule has 1 atom stereocenters. The Bertz CT molecular complexity index is 989. The Hall–Kier alpha value is -2.26. The summed E-state index contributed by atoms with van der Waals surface area (Å²) in [5.41, 5.74) is 0.387. The molecule has 0 N–H and O–H groups in total. The normalized spacial score (nSPS) is 17.9. The SMILES string of the molecule is COc1cc2c(cc1OC)[C@H](C)N(S(=O)(=O)c1ccccc1C(F)(F)F)CC2. The van der Waals surface area contributed by atoms with Gasteiger partial charge in [-0.3, -0.25) is 0 Å². The van der Waals surface area contributed by atoms with Crippen molar-refractivity contribution in [2.24, 2.45) is 0 Å². The van der Waals surface area contributed by atoms with Crippen molar-refractivity contribution in [2.75, 3.05) is 20.8 Å². The van der Waals surface area contributed by atoms with Gasteiger partial charge in [0.15, 0.2) is 11.5 Å². The largest absolute Gasteiger partial charge is 0.493 e. The zero-order valence-electron chi connectivity index (χ0n) is 15.6. The average Bonchev–Trinajstić information content (AvgIpc) is 2.66. The molecule has 5 nitrogen and oxygen atoms in total. The van der Waals surface area contributed by atoms with Gasteiger partial charge >= 0.3 is 6.18 Å². The zero-order chi connectivity index (χ0) is 20.7. The highest BCUT2D eigenvalue weighted by Gasteiger charge is 2.41. The van der Waals surface area contributed by atoms with Crippen LogP contribution in [0.25, 0.3) is 0 Å². The van der Waals surface area contributed by atoms with Gasteiger partial charge in [-0.25, -0.2) is 8.42 Å². The van der Waals surface area contributed by atoms with Crippen LogP contribution in [0.4, 0.5) is 13.2 Å². The lowest BCUT2D eigenvalue weighted by molar-refractivity contribution is -0.139. The Balaban J connectivity index is 2.07. The summed E-state index contributed by atoms with van der Waals surface area (Å²) in [6.07, 6.45) is -4.41. The molecule has 0 amide bonds. The predicted octanol–water partition coefficient (Wildman–Crippen LogP) is 4.03. The fourth-order valence-electron chi connectivity index (χ4n) is 3.50. The van der Waals surface area contributed by atoms with Crippen LogP contribution in [0.15, 0.2) is 41.3 Å². The fourth-order valence-corrected chi connectivity index (χ4v) is 5.33. The summed E-state index contributed by atoms with van der Waals surface area (Å²) in [6.45, 7) is 1.72. The molecule has 0 aliphatic carbocycles. The number of rotatable bonds is 4. The van der Waals surface area contributed by atoms with E-state index in [0.29, 0.717) is 23.5 Å². The summed E-state index contributed by atoms with van der Waals surface area (Å²) in [7, 11) is -1.40. The first-order valence-electron chi connectivity index (χ1n) is 8.54. The van der Waals surface area contributed by atoms with Gasteiger partial charge in [0, 0.05) is 12.6 Å². The number of ether oxygens (including phenoxy) is 2. The first kappa shape index (κ1) is 20.5. The number of sulfonamides is 1. The second kappa shape index (κ2) is 7.29. The molecule has 1 heterocycles. The number of benzene rings is 2. The molecule has 9 heteroatoms. The van der Waals surface area contributed by atoms with E-state index in [0.717, 1.165) is 22.0 Å². The minimum atomic E-state index is -4.77. The maximum Gasteiger partial charge on any atom is 0.417 e. The van der Waals surface area contributed by atoms with Gasteiger partial charge < -0.3 is 9.47 Å². The van der Waals surface area contributed by atoms with Gasteiger partial charge in [-0.2, -0.15) is 17.5 Å². The molecule has 3 rings (SSSR count). The van der Waals surface area contributed by atoms with E-state index in [-0.39, 0.29) is 6.54 Å². The molecule has 0 bridgehead atoms. The zero-order valence-corrected chi connectivity index (χ0v) is 16.4. The van der Waals surface area contributed by atoms with E-state index >= 15 is 0 Å². The molecule has 0 aromatic heterocycles. The summed E-state index contributed by atoms with van der Waals surface area (Å²) in [5, 5.41) is 0. The van der Waals surface area contributed by atoms with Crippen molar-refractivity contribution in [2.45, 2.75) is 30.5 Å². The third kappa shape index (κ3) is 3.44. The number of nitrogens with zero attached hydrogens (tertiary/aromatic N) is 1. The van der Waals surface area contributed by atoms with Crippen molar-refractivity contribution in [1.82, 2.24) is 4.31 Å². The maximum absolute atomic E-state index is 13.4. The van der Waals surface area contributed by atoms with E-state index in [1.807, 2.05) is 0 Å². The third-order valence-electron chi connectivity index (χ3n) is 4.91. The van der Waals surface area contributed by atoms with E-state index < -0.39 is 32.7 Å². The van der Waals surface area contributed by atoms with E-state index in [1.165, 1.54) is 26.4 Å². The lowest BCUT2D eigenvalue weighted by Crippen LogP contribution is -2.39. The Kier molecular flexibility index (Phi) is 5.33. The van der Waals surface area contributed by atoms with Gasteiger partial charge in [-0.1, -0.05) is 12.1 Å². The molecule has 0 radical (unpaired) electrons. The number of hydrogen-bond donors (Lipinski definition) is 0. The standard InChI is InChI=1S/C19H20F3NO4S/c1-12-14-11-17(27-3)16(26-2)10-13(14)8-9-23(12)28(24,25)18-7-5-4-6-15(18)19(20,21)22/h4-7,10-12H,8-9H2,1-3H3/t12-/m0/s1. The first-order chi connectivity index (χ1) is 13.1. The van der Waals surface area contributed by atoms with Gasteiger partial charge in [-0.15, -0.1) is 0 Å². The number of halogens is 3. The molecule has 1 aliphatic rings. The van der Waals surface area contributed by atoms with Crippen LogP contribution >= 0.6 is 0 Å². The maximum atomic E-state index is 13.4. The second-order valence-corrected chi connectivity index (χ2v) is 8.30. The molecular weight excluding hydrogens is 395 g/mol. The minimum Gasteiger partial charge on any atom is -0.493 e. The molecule has 2 aromatic rings. The highest BCUT2D eigenvalue weighted by molar-refractivity contribution is 7.89. The van der Waals surface area contributed by atoms with Crippen LogP contribution in [0.1, 0.15) is 29.7 Å². The van der Waals surface area contributed by atoms with Gasteiger partial charge in [-0.05, 0) is 48.7 Å². The highest BCUT2D eigenvalue weighted by atomic mass is 32.2. The lowest BCUT2D eigenvalue weighted by atomic mass is 9.94. The van der Waals surface area contributed by atoms with Gasteiger partial charge in [0.1, 0.15) is 0 Å². The molecule has 0 saturated heterocycles. The molecular formula is C19H20F3NO4S. The fraction of sp³-hybridized carbons (Fsp3) is 0.368. The number of fused-ring (bicyclic) bond motifs is 1. The van der Waals surface area contributed by atoms with Gasteiger partial charge in [0.2, 0.25) is 10.0 Å². The third-order valence-corrected chi connectivity index (χ3v) is 6.94. The van der Waals surface area contributed by atoms with Crippen molar-refractivity contribution in [3.8, 4) is 11.5 Å². The van der Waals surface area contributed by atoms with Crippen LogP contribution in [0, 0.1) is 0 Å². The summed E-state index contributed by atoms with van der Waals surface area (Å²) in [5.74, 6) is 0.954. The van der Waals surface area contributed by atoms with E-state index in [9.17, 15) is 21.6 Å². The first-order valence-corrected chi connectivity index (χ1v) is 9.98. The Morgan fingerprint density at radius 1 is 1.07 bits per heavy atom. The Labute approximate surface area is 161 Å². The summed E-state index contributed by atoms with van der Waals surface area (Å²) in [6, 6.07) is 7.04. The van der Waals surface area contributed by atoms with Crippen LogP contribution in [0.5, 0.6) is 11.5 Å².